The van der Waals surface area contributed by atoms with Crippen molar-refractivity contribution in [3.63, 3.8) is 0 Å². The number of para-hydroxylation sites is 1. The number of methoxy groups -OCH3 is 1. The van der Waals surface area contributed by atoms with Crippen LogP contribution in [-0.4, -0.2) is 36.1 Å². The Morgan fingerprint density at radius 1 is 1.24 bits per heavy atom. The zero-order valence-electron chi connectivity index (χ0n) is 13.4. The summed E-state index contributed by atoms with van der Waals surface area (Å²) in [5.74, 6) is 0.125. The van der Waals surface area contributed by atoms with Gasteiger partial charge in [0.05, 0.1) is 13.3 Å². The molecule has 0 atom stereocenters. The lowest BCUT2D eigenvalue weighted by Gasteiger charge is -2.08. The van der Waals surface area contributed by atoms with Gasteiger partial charge in [-0.1, -0.05) is 12.1 Å². The van der Waals surface area contributed by atoms with E-state index in [2.05, 4.69) is 15.8 Å². The second-order valence-electron chi connectivity index (χ2n) is 4.77. The Balaban J connectivity index is 1.91. The molecule has 2 rings (SSSR count). The zero-order valence-corrected chi connectivity index (χ0v) is 14.2. The molecule has 0 spiro atoms. The third-order valence-corrected chi connectivity index (χ3v) is 3.18. The molecule has 0 aliphatic rings. The molecule has 130 valence electrons. The molecule has 2 aromatic carbocycles. The van der Waals surface area contributed by atoms with Crippen molar-refractivity contribution < 1.29 is 19.4 Å². The van der Waals surface area contributed by atoms with Crippen LogP contribution in [0.15, 0.2) is 53.6 Å². The Morgan fingerprint density at radius 3 is 2.64 bits per heavy atom. The van der Waals surface area contributed by atoms with E-state index in [1.807, 2.05) is 24.3 Å². The molecule has 0 fully saturated rings. The van der Waals surface area contributed by atoms with Crippen LogP contribution in [0, 0.1) is 0 Å². The van der Waals surface area contributed by atoms with Crippen molar-refractivity contribution in [3.8, 4) is 11.5 Å². The summed E-state index contributed by atoms with van der Waals surface area (Å²) in [5.41, 5.74) is 4.11. The fraction of sp³-hybridized carbons (Fsp3) is 0.118. The van der Waals surface area contributed by atoms with E-state index in [4.69, 9.17) is 26.8 Å². The standard InChI is InChI=1S/C17H17N3O4S/c1-23-14-8-6-13(7-9-14)19-17(25)20-18-10-12-4-2-3-5-15(12)24-11-16(21)22/h2-10H,11H2,1H3,(H,21,22)(H2,19,20,25)/b18-10-. The van der Waals surface area contributed by atoms with E-state index in [0.29, 0.717) is 16.4 Å². The molecule has 3 N–H and O–H groups in total. The normalized spacial score (nSPS) is 10.3. The minimum atomic E-state index is -1.05. The molecule has 0 unspecified atom stereocenters. The second-order valence-corrected chi connectivity index (χ2v) is 5.18. The van der Waals surface area contributed by atoms with Gasteiger partial charge < -0.3 is 19.9 Å². The minimum Gasteiger partial charge on any atom is -0.497 e. The highest BCUT2D eigenvalue weighted by Gasteiger charge is 2.03. The Hall–Kier alpha value is -3.13. The third-order valence-electron chi connectivity index (χ3n) is 2.99. The molecular weight excluding hydrogens is 342 g/mol. The number of ether oxygens (including phenoxy) is 2. The number of aliphatic carboxylic acids is 1. The molecule has 0 aliphatic carbocycles. The van der Waals surface area contributed by atoms with Gasteiger partial charge in [0.1, 0.15) is 11.5 Å². The van der Waals surface area contributed by atoms with Crippen molar-refractivity contribution in [2.75, 3.05) is 19.0 Å². The van der Waals surface area contributed by atoms with Crippen LogP contribution < -0.4 is 20.2 Å². The van der Waals surface area contributed by atoms with Crippen molar-refractivity contribution >= 4 is 35.2 Å². The van der Waals surface area contributed by atoms with Crippen molar-refractivity contribution in [1.82, 2.24) is 5.43 Å². The fourth-order valence-electron chi connectivity index (χ4n) is 1.85. The summed E-state index contributed by atoms with van der Waals surface area (Å²) in [6.45, 7) is -0.421. The van der Waals surface area contributed by atoms with Crippen molar-refractivity contribution in [3.05, 3.63) is 54.1 Å². The van der Waals surface area contributed by atoms with Crippen LogP contribution in [0.25, 0.3) is 0 Å². The maximum absolute atomic E-state index is 10.6. The first-order valence-corrected chi connectivity index (χ1v) is 7.67. The van der Waals surface area contributed by atoms with Gasteiger partial charge in [0, 0.05) is 11.3 Å². The van der Waals surface area contributed by atoms with Gasteiger partial charge >= 0.3 is 5.97 Å². The maximum Gasteiger partial charge on any atom is 0.341 e. The van der Waals surface area contributed by atoms with Crippen LogP contribution >= 0.6 is 12.2 Å². The van der Waals surface area contributed by atoms with Gasteiger partial charge in [0.15, 0.2) is 11.7 Å². The average Bonchev–Trinajstić information content (AvgIpc) is 2.61. The number of carboxylic acid groups (broad SMARTS) is 1. The fourth-order valence-corrected chi connectivity index (χ4v) is 2.02. The van der Waals surface area contributed by atoms with Crippen LogP contribution in [0.1, 0.15) is 5.56 Å². The summed E-state index contributed by atoms with van der Waals surface area (Å²) < 4.78 is 10.3. The van der Waals surface area contributed by atoms with E-state index in [9.17, 15) is 4.79 Å². The smallest absolute Gasteiger partial charge is 0.341 e. The van der Waals surface area contributed by atoms with E-state index < -0.39 is 12.6 Å². The van der Waals surface area contributed by atoms with Gasteiger partial charge in [0.2, 0.25) is 0 Å². The van der Waals surface area contributed by atoms with E-state index in [1.165, 1.54) is 6.21 Å². The molecule has 0 saturated heterocycles. The number of hydrogen-bond donors (Lipinski definition) is 3. The lowest BCUT2D eigenvalue weighted by atomic mass is 10.2. The SMILES string of the molecule is COc1ccc(NC(=S)N/N=C\c2ccccc2OCC(=O)O)cc1. The molecule has 8 heteroatoms. The number of rotatable bonds is 7. The Kier molecular flexibility index (Phi) is 6.73. The Labute approximate surface area is 150 Å². The summed E-state index contributed by atoms with van der Waals surface area (Å²) in [5, 5.41) is 16.0. The number of carbonyl (C=O) groups is 1. The number of nitrogens with zero attached hydrogens (tertiary/aromatic N) is 1. The number of hydrogen-bond acceptors (Lipinski definition) is 5. The van der Waals surface area contributed by atoms with Crippen LogP contribution in [-0.2, 0) is 4.79 Å². The first-order valence-electron chi connectivity index (χ1n) is 7.26. The van der Waals surface area contributed by atoms with Gasteiger partial charge in [0.25, 0.3) is 0 Å². The van der Waals surface area contributed by atoms with Crippen molar-refractivity contribution in [1.29, 1.82) is 0 Å². The summed E-state index contributed by atoms with van der Waals surface area (Å²) in [6.07, 6.45) is 1.50. The maximum atomic E-state index is 10.6. The molecule has 0 heterocycles. The van der Waals surface area contributed by atoms with Crippen LogP contribution in [0.3, 0.4) is 0 Å². The third kappa shape index (κ3) is 6.11. The van der Waals surface area contributed by atoms with Gasteiger partial charge in [-0.05, 0) is 48.6 Å². The predicted molar refractivity (Wildman–Crippen MR) is 99.5 cm³/mol. The Bertz CT molecular complexity index is 763. The number of anilines is 1. The molecule has 2 aromatic rings. The van der Waals surface area contributed by atoms with Gasteiger partial charge in [-0.15, -0.1) is 0 Å². The number of benzene rings is 2. The molecule has 0 amide bonds. The van der Waals surface area contributed by atoms with Crippen LogP contribution in [0.5, 0.6) is 11.5 Å². The van der Waals surface area contributed by atoms with Gasteiger partial charge in [-0.3, -0.25) is 5.43 Å². The van der Waals surface area contributed by atoms with E-state index in [-0.39, 0.29) is 0 Å². The highest BCUT2D eigenvalue weighted by Crippen LogP contribution is 2.16. The van der Waals surface area contributed by atoms with E-state index in [1.54, 1.807) is 31.4 Å². The first kappa shape index (κ1) is 18.2. The predicted octanol–water partition coefficient (Wildman–Crippen LogP) is 2.48. The second kappa shape index (κ2) is 9.24. The highest BCUT2D eigenvalue weighted by molar-refractivity contribution is 7.80. The number of carboxylic acids is 1. The van der Waals surface area contributed by atoms with Crippen molar-refractivity contribution in [2.45, 2.75) is 0 Å². The number of hydrazone groups is 1. The Morgan fingerprint density at radius 2 is 1.96 bits per heavy atom. The summed E-state index contributed by atoms with van der Waals surface area (Å²) in [6, 6.07) is 14.2. The average molecular weight is 359 g/mol. The monoisotopic (exact) mass is 359 g/mol. The number of nitrogens with one attached hydrogen (secondary N) is 2. The van der Waals surface area contributed by atoms with E-state index >= 15 is 0 Å². The zero-order chi connectivity index (χ0) is 18.1. The molecule has 0 radical (unpaired) electrons. The minimum absolute atomic E-state index is 0.311. The lowest BCUT2D eigenvalue weighted by Crippen LogP contribution is -2.23. The molecular formula is C17H17N3O4S. The molecule has 0 bridgehead atoms. The summed E-state index contributed by atoms with van der Waals surface area (Å²) >= 11 is 5.15. The molecule has 0 aromatic heterocycles. The van der Waals surface area contributed by atoms with Gasteiger partial charge in [-0.2, -0.15) is 5.10 Å². The largest absolute Gasteiger partial charge is 0.497 e. The van der Waals surface area contributed by atoms with Crippen molar-refractivity contribution in [2.24, 2.45) is 5.10 Å². The van der Waals surface area contributed by atoms with E-state index in [0.717, 1.165) is 11.4 Å². The summed E-state index contributed by atoms with van der Waals surface area (Å²) in [7, 11) is 1.60. The summed E-state index contributed by atoms with van der Waals surface area (Å²) in [4.78, 5) is 10.6. The molecule has 7 nitrogen and oxygen atoms in total. The topological polar surface area (TPSA) is 92.2 Å². The lowest BCUT2D eigenvalue weighted by molar-refractivity contribution is -0.139. The quantitative estimate of drug-likeness (QED) is 0.397. The molecule has 0 saturated carbocycles. The number of thiocarbonyl (C=S) groups is 1. The van der Waals surface area contributed by atoms with Gasteiger partial charge in [-0.25, -0.2) is 4.79 Å². The first-order chi connectivity index (χ1) is 12.1. The van der Waals surface area contributed by atoms with Crippen LogP contribution in [0.2, 0.25) is 0 Å². The van der Waals surface area contributed by atoms with Crippen LogP contribution in [0.4, 0.5) is 5.69 Å². The molecule has 25 heavy (non-hydrogen) atoms. The highest BCUT2D eigenvalue weighted by atomic mass is 32.1. The molecule has 0 aliphatic heterocycles.